The van der Waals surface area contributed by atoms with Gasteiger partial charge in [0.2, 0.25) is 0 Å². The molecule has 0 aliphatic carbocycles. The Morgan fingerprint density at radius 2 is 1.81 bits per heavy atom. The Morgan fingerprint density at radius 3 is 2.44 bits per heavy atom. The molecule has 0 saturated carbocycles. The molecule has 140 valence electrons. The number of aromatic nitrogens is 2. The normalized spacial score (nSPS) is 12.1. The Bertz CT molecular complexity index is 869. The van der Waals surface area contributed by atoms with Crippen molar-refractivity contribution in [3.63, 3.8) is 0 Å². The van der Waals surface area contributed by atoms with Gasteiger partial charge >= 0.3 is 0 Å². The molecule has 0 spiro atoms. The molecule has 1 atom stereocenters. The number of likely N-dealkylation sites (N-methyl/N-ethyl adjacent to an activating group) is 1. The van der Waals surface area contributed by atoms with Crippen molar-refractivity contribution < 1.29 is 4.79 Å². The van der Waals surface area contributed by atoms with Crippen LogP contribution in [0.2, 0.25) is 0 Å². The lowest BCUT2D eigenvalue weighted by atomic mass is 10.0. The first-order chi connectivity index (χ1) is 13.1. The highest BCUT2D eigenvalue weighted by molar-refractivity contribution is 5.93. The van der Waals surface area contributed by atoms with Crippen LogP contribution in [0.1, 0.15) is 34.5 Å². The van der Waals surface area contributed by atoms with Gasteiger partial charge in [-0.2, -0.15) is 5.10 Å². The molecular formula is C22H26N4O. The monoisotopic (exact) mass is 362 g/mol. The van der Waals surface area contributed by atoms with Crippen LogP contribution in [-0.4, -0.2) is 41.2 Å². The fraction of sp³-hybridized carbons (Fsp3) is 0.273. The standard InChI is InChI=1S/C22H26N4O/c1-4-17-10-12-18(13-11-17)21(25(2)3)15-23-22(27)19-14-24-26(16-19)20-8-6-5-7-9-20/h5-14,16,21H,4,15H2,1-3H3,(H,23,27). The molecule has 0 aliphatic rings. The van der Waals surface area contributed by atoms with Gasteiger partial charge in [-0.3, -0.25) is 4.79 Å². The molecule has 0 saturated heterocycles. The molecule has 1 amide bonds. The predicted molar refractivity (Wildman–Crippen MR) is 108 cm³/mol. The molecule has 5 nitrogen and oxygen atoms in total. The number of carbonyl (C=O) groups is 1. The van der Waals surface area contributed by atoms with Crippen LogP contribution in [0.3, 0.4) is 0 Å². The van der Waals surface area contributed by atoms with Gasteiger partial charge in [-0.25, -0.2) is 4.68 Å². The third kappa shape index (κ3) is 4.63. The highest BCUT2D eigenvalue weighted by Gasteiger charge is 2.17. The largest absolute Gasteiger partial charge is 0.350 e. The summed E-state index contributed by atoms with van der Waals surface area (Å²) < 4.78 is 1.71. The Hall–Kier alpha value is -2.92. The first-order valence-electron chi connectivity index (χ1n) is 9.22. The summed E-state index contributed by atoms with van der Waals surface area (Å²) in [6.45, 7) is 2.68. The third-order valence-electron chi connectivity index (χ3n) is 4.72. The van der Waals surface area contributed by atoms with Crippen LogP contribution in [0.25, 0.3) is 5.69 Å². The van der Waals surface area contributed by atoms with Gasteiger partial charge in [0.1, 0.15) is 0 Å². The number of hydrogen-bond acceptors (Lipinski definition) is 3. The van der Waals surface area contributed by atoms with Crippen LogP contribution in [0.15, 0.2) is 67.0 Å². The minimum atomic E-state index is -0.116. The first-order valence-corrected chi connectivity index (χ1v) is 9.22. The molecule has 3 rings (SSSR count). The fourth-order valence-corrected chi connectivity index (χ4v) is 3.03. The fourth-order valence-electron chi connectivity index (χ4n) is 3.03. The van der Waals surface area contributed by atoms with Crippen molar-refractivity contribution in [3.05, 3.63) is 83.7 Å². The highest BCUT2D eigenvalue weighted by atomic mass is 16.1. The zero-order valence-electron chi connectivity index (χ0n) is 16.1. The van der Waals surface area contributed by atoms with E-state index in [0.29, 0.717) is 12.1 Å². The molecule has 1 heterocycles. The summed E-state index contributed by atoms with van der Waals surface area (Å²) in [6, 6.07) is 18.5. The number of benzene rings is 2. The van der Waals surface area contributed by atoms with Gasteiger partial charge < -0.3 is 10.2 Å². The lowest BCUT2D eigenvalue weighted by Crippen LogP contribution is -2.34. The molecule has 5 heteroatoms. The van der Waals surface area contributed by atoms with E-state index in [-0.39, 0.29) is 11.9 Å². The van der Waals surface area contributed by atoms with Crippen molar-refractivity contribution in [2.24, 2.45) is 0 Å². The zero-order valence-corrected chi connectivity index (χ0v) is 16.1. The van der Waals surface area contributed by atoms with Gasteiger partial charge in [-0.15, -0.1) is 0 Å². The van der Waals surface area contributed by atoms with E-state index in [1.807, 2.05) is 44.4 Å². The van der Waals surface area contributed by atoms with Crippen LogP contribution in [0, 0.1) is 0 Å². The van der Waals surface area contributed by atoms with Gasteiger partial charge in [0.05, 0.1) is 23.5 Å². The van der Waals surface area contributed by atoms with Crippen molar-refractivity contribution in [2.45, 2.75) is 19.4 Å². The van der Waals surface area contributed by atoms with E-state index in [2.05, 4.69) is 46.5 Å². The topological polar surface area (TPSA) is 50.2 Å². The van der Waals surface area contributed by atoms with Gasteiger partial charge in [0, 0.05) is 12.7 Å². The number of hydrogen-bond donors (Lipinski definition) is 1. The second kappa shape index (κ2) is 8.64. The van der Waals surface area contributed by atoms with E-state index in [0.717, 1.165) is 12.1 Å². The Balaban J connectivity index is 1.66. The average Bonchev–Trinajstić information content (AvgIpc) is 3.19. The molecule has 0 fully saturated rings. The van der Waals surface area contributed by atoms with Crippen LogP contribution in [-0.2, 0) is 6.42 Å². The minimum absolute atomic E-state index is 0.115. The summed E-state index contributed by atoms with van der Waals surface area (Å²) in [4.78, 5) is 14.7. The number of nitrogens with one attached hydrogen (secondary N) is 1. The van der Waals surface area contributed by atoms with Crippen molar-refractivity contribution >= 4 is 5.91 Å². The molecule has 1 aromatic heterocycles. The highest BCUT2D eigenvalue weighted by Crippen LogP contribution is 2.18. The molecule has 1 unspecified atom stereocenters. The number of rotatable bonds is 7. The smallest absolute Gasteiger partial charge is 0.254 e. The van der Waals surface area contributed by atoms with E-state index in [9.17, 15) is 4.79 Å². The maximum Gasteiger partial charge on any atom is 0.254 e. The van der Waals surface area contributed by atoms with Crippen LogP contribution >= 0.6 is 0 Å². The van der Waals surface area contributed by atoms with Gasteiger partial charge in [0.15, 0.2) is 0 Å². The molecule has 0 radical (unpaired) electrons. The van der Waals surface area contributed by atoms with E-state index in [4.69, 9.17) is 0 Å². The lowest BCUT2D eigenvalue weighted by molar-refractivity contribution is 0.0942. The van der Waals surface area contributed by atoms with Crippen molar-refractivity contribution in [2.75, 3.05) is 20.6 Å². The second-order valence-electron chi connectivity index (χ2n) is 6.79. The van der Waals surface area contributed by atoms with Crippen molar-refractivity contribution in [3.8, 4) is 5.69 Å². The second-order valence-corrected chi connectivity index (χ2v) is 6.79. The summed E-state index contributed by atoms with van der Waals surface area (Å²) in [5.74, 6) is -0.116. The van der Waals surface area contributed by atoms with Crippen molar-refractivity contribution in [1.29, 1.82) is 0 Å². The number of carbonyl (C=O) groups excluding carboxylic acids is 1. The molecule has 0 aliphatic heterocycles. The predicted octanol–water partition coefficient (Wildman–Crippen LogP) is 3.47. The van der Waals surface area contributed by atoms with Crippen LogP contribution in [0.4, 0.5) is 0 Å². The summed E-state index contributed by atoms with van der Waals surface area (Å²) in [5, 5.41) is 7.33. The maximum atomic E-state index is 12.6. The summed E-state index contributed by atoms with van der Waals surface area (Å²) in [6.07, 6.45) is 4.38. The molecule has 27 heavy (non-hydrogen) atoms. The summed E-state index contributed by atoms with van der Waals surface area (Å²) in [7, 11) is 4.05. The van der Waals surface area contributed by atoms with E-state index in [1.54, 1.807) is 17.1 Å². The van der Waals surface area contributed by atoms with E-state index < -0.39 is 0 Å². The van der Waals surface area contributed by atoms with Gasteiger partial charge in [0.25, 0.3) is 5.91 Å². The minimum Gasteiger partial charge on any atom is -0.350 e. The number of aryl methyl sites for hydroxylation is 1. The quantitative estimate of drug-likeness (QED) is 0.700. The molecule has 0 bridgehead atoms. The summed E-state index contributed by atoms with van der Waals surface area (Å²) in [5.41, 5.74) is 3.99. The third-order valence-corrected chi connectivity index (χ3v) is 4.72. The maximum absolute atomic E-state index is 12.6. The van der Waals surface area contributed by atoms with Crippen molar-refractivity contribution in [1.82, 2.24) is 20.0 Å². The number of amides is 1. The van der Waals surface area contributed by atoms with Crippen LogP contribution < -0.4 is 5.32 Å². The Labute approximate surface area is 160 Å². The van der Waals surface area contributed by atoms with Crippen LogP contribution in [0.5, 0.6) is 0 Å². The van der Waals surface area contributed by atoms with Gasteiger partial charge in [-0.1, -0.05) is 49.4 Å². The van der Waals surface area contributed by atoms with E-state index >= 15 is 0 Å². The SMILES string of the molecule is CCc1ccc(C(CNC(=O)c2cnn(-c3ccccc3)c2)N(C)C)cc1. The number of nitrogens with zero attached hydrogens (tertiary/aromatic N) is 3. The average molecular weight is 362 g/mol. The Kier molecular flexibility index (Phi) is 6.04. The Morgan fingerprint density at radius 1 is 1.11 bits per heavy atom. The van der Waals surface area contributed by atoms with Gasteiger partial charge in [-0.05, 0) is 43.8 Å². The summed E-state index contributed by atoms with van der Waals surface area (Å²) >= 11 is 0. The first kappa shape index (κ1) is 18.9. The number of para-hydroxylation sites is 1. The lowest BCUT2D eigenvalue weighted by Gasteiger charge is -2.25. The molecule has 3 aromatic rings. The zero-order chi connectivity index (χ0) is 19.2. The molecular weight excluding hydrogens is 336 g/mol. The van der Waals surface area contributed by atoms with E-state index in [1.165, 1.54) is 11.1 Å². The molecule has 1 N–H and O–H groups in total. The molecule has 2 aromatic carbocycles.